The molecule has 1 unspecified atom stereocenters. The van der Waals surface area contributed by atoms with E-state index in [4.69, 9.17) is 10.2 Å². The minimum absolute atomic E-state index is 0.370. The Hall–Kier alpha value is -1.79. The minimum Gasteiger partial charge on any atom is -0.479 e. The molecule has 3 heteroatoms. The van der Waals surface area contributed by atoms with Crippen LogP contribution >= 0.6 is 0 Å². The van der Waals surface area contributed by atoms with E-state index in [9.17, 15) is 4.79 Å². The molecule has 2 N–H and O–H groups in total. The summed E-state index contributed by atoms with van der Waals surface area (Å²) in [5, 5.41) is 17.7. The Labute approximate surface area is 147 Å². The van der Waals surface area contributed by atoms with Crippen molar-refractivity contribution in [1.82, 2.24) is 0 Å². The Morgan fingerprint density at radius 2 is 1.71 bits per heavy atom. The fraction of sp³-hybridized carbons (Fsp3) is 0.571. The number of rotatable bonds is 10. The third-order valence-electron chi connectivity index (χ3n) is 3.79. The molecule has 3 nitrogen and oxygen atoms in total. The lowest BCUT2D eigenvalue weighted by molar-refractivity contribution is -0.146. The van der Waals surface area contributed by atoms with Crippen LogP contribution in [0.3, 0.4) is 0 Å². The van der Waals surface area contributed by atoms with Crippen LogP contribution in [0.5, 0.6) is 0 Å². The van der Waals surface area contributed by atoms with Gasteiger partial charge in [0.25, 0.3) is 0 Å². The third kappa shape index (κ3) is 12.7. The smallest absolute Gasteiger partial charge is 0.332 e. The van der Waals surface area contributed by atoms with Crippen LogP contribution in [0.15, 0.2) is 37.0 Å². The van der Waals surface area contributed by atoms with Crippen molar-refractivity contribution in [3.63, 3.8) is 0 Å². The molecule has 0 aliphatic heterocycles. The van der Waals surface area contributed by atoms with Crippen molar-refractivity contribution >= 4 is 5.97 Å². The van der Waals surface area contributed by atoms with Gasteiger partial charge in [-0.05, 0) is 25.7 Å². The van der Waals surface area contributed by atoms with Crippen LogP contribution in [0.4, 0.5) is 0 Å². The first-order valence-electron chi connectivity index (χ1n) is 8.96. The van der Waals surface area contributed by atoms with Crippen LogP contribution in [0.1, 0.15) is 70.6 Å². The van der Waals surface area contributed by atoms with E-state index in [0.717, 1.165) is 50.5 Å². The highest BCUT2D eigenvalue weighted by molar-refractivity contribution is 5.71. The van der Waals surface area contributed by atoms with Crippen LogP contribution in [0.2, 0.25) is 0 Å². The number of carbonyl (C=O) groups is 1. The Bertz CT molecular complexity index is 451. The Balaban J connectivity index is 0.00000254. The predicted molar refractivity (Wildman–Crippen MR) is 101 cm³/mol. The first kappa shape index (κ1) is 22.2. The number of aliphatic hydroxyl groups excluding tert-OH is 1. The molecule has 1 aliphatic rings. The molecule has 24 heavy (non-hydrogen) atoms. The zero-order valence-corrected chi connectivity index (χ0v) is 14.8. The zero-order chi connectivity index (χ0) is 18.0. The van der Waals surface area contributed by atoms with Crippen molar-refractivity contribution in [2.45, 2.75) is 76.7 Å². The second-order valence-electron chi connectivity index (χ2n) is 5.81. The maximum atomic E-state index is 10.4. The summed E-state index contributed by atoms with van der Waals surface area (Å²) in [6, 6.07) is 0. The average molecular weight is 332 g/mol. The van der Waals surface area contributed by atoms with E-state index < -0.39 is 12.1 Å². The van der Waals surface area contributed by atoms with Gasteiger partial charge < -0.3 is 10.2 Å². The lowest BCUT2D eigenvalue weighted by atomic mass is 10.1. The quantitative estimate of drug-likeness (QED) is 0.335. The topological polar surface area (TPSA) is 57.5 Å². The lowest BCUT2D eigenvalue weighted by Crippen LogP contribution is -2.18. The largest absolute Gasteiger partial charge is 0.479 e. The number of unbranched alkanes of at least 4 members (excludes halogenated alkanes) is 7. The van der Waals surface area contributed by atoms with Gasteiger partial charge in [0.15, 0.2) is 6.10 Å². The first-order valence-corrected chi connectivity index (χ1v) is 8.96. The van der Waals surface area contributed by atoms with E-state index in [1.54, 1.807) is 0 Å². The number of carboxylic acid groups (broad SMARTS) is 1. The molecular formula is C21H32O3. The molecule has 0 radical (unpaired) electrons. The van der Waals surface area contributed by atoms with Crippen molar-refractivity contribution in [2.75, 3.05) is 0 Å². The SMILES string of the molecule is C=C.O=C(O)C(O)CCCCCCCCCC#CC1=CCCC=C1. The van der Waals surface area contributed by atoms with Gasteiger partial charge in [-0.1, -0.05) is 68.6 Å². The summed E-state index contributed by atoms with van der Waals surface area (Å²) in [6.07, 6.45) is 16.6. The molecule has 1 rings (SSSR count). The van der Waals surface area contributed by atoms with Crippen LogP contribution in [-0.4, -0.2) is 22.3 Å². The molecule has 134 valence electrons. The molecule has 0 spiro atoms. The van der Waals surface area contributed by atoms with E-state index in [-0.39, 0.29) is 0 Å². The molecular weight excluding hydrogens is 300 g/mol. The lowest BCUT2D eigenvalue weighted by Gasteiger charge is -2.04. The summed E-state index contributed by atoms with van der Waals surface area (Å²) in [4.78, 5) is 10.4. The summed E-state index contributed by atoms with van der Waals surface area (Å²) in [5.74, 6) is 5.34. The molecule has 0 saturated carbocycles. The highest BCUT2D eigenvalue weighted by atomic mass is 16.4. The summed E-state index contributed by atoms with van der Waals surface area (Å²) in [7, 11) is 0. The summed E-state index contributed by atoms with van der Waals surface area (Å²) in [5.41, 5.74) is 1.16. The second kappa shape index (κ2) is 16.1. The molecule has 0 aromatic carbocycles. The molecule has 0 aromatic rings. The summed E-state index contributed by atoms with van der Waals surface area (Å²) < 4.78 is 0. The van der Waals surface area contributed by atoms with Gasteiger partial charge in [-0.25, -0.2) is 4.79 Å². The monoisotopic (exact) mass is 332 g/mol. The standard InChI is InChI=1S/C19H28O3.C2H4/c20-18(19(21)22)16-12-7-5-3-1-2-4-6-9-13-17-14-10-8-11-15-17;1-2/h10,14-15,18,20H,1-8,11-12,16H2,(H,21,22);1-2H2. The number of hydrogen-bond donors (Lipinski definition) is 2. The third-order valence-corrected chi connectivity index (χ3v) is 3.79. The van der Waals surface area contributed by atoms with Gasteiger partial charge in [0.1, 0.15) is 0 Å². The maximum Gasteiger partial charge on any atom is 0.332 e. The van der Waals surface area contributed by atoms with Crippen molar-refractivity contribution in [2.24, 2.45) is 0 Å². The molecule has 0 fully saturated rings. The van der Waals surface area contributed by atoms with Crippen LogP contribution < -0.4 is 0 Å². The summed E-state index contributed by atoms with van der Waals surface area (Å²) >= 11 is 0. The number of aliphatic carboxylic acids is 1. The van der Waals surface area contributed by atoms with E-state index in [1.165, 1.54) is 19.3 Å². The van der Waals surface area contributed by atoms with E-state index in [2.05, 4.69) is 43.2 Å². The summed E-state index contributed by atoms with van der Waals surface area (Å²) in [6.45, 7) is 6.00. The Morgan fingerprint density at radius 3 is 2.29 bits per heavy atom. The fourth-order valence-corrected chi connectivity index (χ4v) is 2.43. The fourth-order valence-electron chi connectivity index (χ4n) is 2.43. The molecule has 0 aromatic heterocycles. The molecule has 1 aliphatic carbocycles. The van der Waals surface area contributed by atoms with Gasteiger partial charge in [-0.3, -0.25) is 0 Å². The number of aliphatic hydroxyl groups is 1. The molecule has 0 amide bonds. The molecule has 1 atom stereocenters. The molecule has 0 saturated heterocycles. The van der Waals surface area contributed by atoms with Gasteiger partial charge >= 0.3 is 5.97 Å². The Morgan fingerprint density at radius 1 is 1.08 bits per heavy atom. The van der Waals surface area contributed by atoms with Crippen molar-refractivity contribution < 1.29 is 15.0 Å². The number of allylic oxidation sites excluding steroid dienone is 4. The molecule has 0 bridgehead atoms. The normalized spacial score (nSPS) is 13.8. The van der Waals surface area contributed by atoms with Crippen LogP contribution in [-0.2, 0) is 4.79 Å². The maximum absolute atomic E-state index is 10.4. The van der Waals surface area contributed by atoms with Crippen molar-refractivity contribution in [3.8, 4) is 11.8 Å². The second-order valence-corrected chi connectivity index (χ2v) is 5.81. The van der Waals surface area contributed by atoms with Crippen LogP contribution in [0.25, 0.3) is 0 Å². The van der Waals surface area contributed by atoms with E-state index >= 15 is 0 Å². The van der Waals surface area contributed by atoms with Gasteiger partial charge in [0, 0.05) is 12.0 Å². The number of hydrogen-bond acceptors (Lipinski definition) is 2. The Kier molecular flexibility index (Phi) is 14.9. The minimum atomic E-state index is -1.19. The van der Waals surface area contributed by atoms with E-state index in [0.29, 0.717) is 6.42 Å². The van der Waals surface area contributed by atoms with Gasteiger partial charge in [-0.15, -0.1) is 13.2 Å². The van der Waals surface area contributed by atoms with Crippen molar-refractivity contribution in [1.29, 1.82) is 0 Å². The van der Waals surface area contributed by atoms with Gasteiger partial charge in [-0.2, -0.15) is 0 Å². The zero-order valence-electron chi connectivity index (χ0n) is 14.8. The predicted octanol–water partition coefficient (Wildman–Crippen LogP) is 5.02. The van der Waals surface area contributed by atoms with Gasteiger partial charge in [0.05, 0.1) is 0 Å². The van der Waals surface area contributed by atoms with Crippen molar-refractivity contribution in [3.05, 3.63) is 37.0 Å². The van der Waals surface area contributed by atoms with Gasteiger partial charge in [0.2, 0.25) is 0 Å². The van der Waals surface area contributed by atoms with Crippen LogP contribution in [0, 0.1) is 11.8 Å². The highest BCUT2D eigenvalue weighted by Crippen LogP contribution is 2.11. The average Bonchev–Trinajstić information content (AvgIpc) is 2.62. The highest BCUT2D eigenvalue weighted by Gasteiger charge is 2.11. The first-order chi connectivity index (χ1) is 11.7. The van der Waals surface area contributed by atoms with E-state index in [1.807, 2.05) is 0 Å². The molecule has 0 heterocycles. The number of carboxylic acids is 1.